The van der Waals surface area contributed by atoms with E-state index in [1.54, 1.807) is 11.0 Å². The highest BCUT2D eigenvalue weighted by atomic mass is 16.3. The first-order valence-electron chi connectivity index (χ1n) is 9.06. The second-order valence-electron chi connectivity index (χ2n) is 7.39. The fraction of sp³-hybridized carbons (Fsp3) is 0.667. The van der Waals surface area contributed by atoms with Gasteiger partial charge in [0.05, 0.1) is 11.2 Å². The zero-order chi connectivity index (χ0) is 17.9. The van der Waals surface area contributed by atoms with Crippen LogP contribution in [0.1, 0.15) is 29.6 Å². The monoisotopic (exact) mass is 348 g/mol. The van der Waals surface area contributed by atoms with Gasteiger partial charge in [-0.2, -0.15) is 0 Å². The first-order chi connectivity index (χ1) is 12.0. The summed E-state index contributed by atoms with van der Waals surface area (Å²) in [5.74, 6) is -0.0832. The number of likely N-dealkylation sites (N-methyl/N-ethyl adjacent to an activating group) is 1. The Morgan fingerprint density at radius 2 is 1.92 bits per heavy atom. The second-order valence-corrected chi connectivity index (χ2v) is 7.39. The molecule has 2 aliphatic heterocycles. The van der Waals surface area contributed by atoms with Crippen molar-refractivity contribution >= 4 is 5.91 Å². The van der Waals surface area contributed by atoms with Crippen molar-refractivity contribution in [1.82, 2.24) is 19.7 Å². The normalized spacial score (nSPS) is 26.4. The summed E-state index contributed by atoms with van der Waals surface area (Å²) < 4.78 is 0. The van der Waals surface area contributed by atoms with Crippen LogP contribution in [0.3, 0.4) is 0 Å². The minimum atomic E-state index is -0.726. The second kappa shape index (κ2) is 7.68. The van der Waals surface area contributed by atoms with Crippen molar-refractivity contribution in [3.63, 3.8) is 0 Å². The van der Waals surface area contributed by atoms with E-state index in [0.29, 0.717) is 31.6 Å². The number of rotatable bonds is 3. The molecular formula is C18H28N4O3. The van der Waals surface area contributed by atoms with Crippen LogP contribution >= 0.6 is 0 Å². The van der Waals surface area contributed by atoms with E-state index in [4.69, 9.17) is 0 Å². The number of aromatic amines is 1. The van der Waals surface area contributed by atoms with Crippen LogP contribution in [-0.2, 0) is 0 Å². The number of amides is 1. The van der Waals surface area contributed by atoms with Crippen molar-refractivity contribution in [3.8, 4) is 0 Å². The lowest BCUT2D eigenvalue weighted by molar-refractivity contribution is -0.0179. The molecule has 1 amide bonds. The number of hydrogen-bond acceptors (Lipinski definition) is 5. The smallest absolute Gasteiger partial charge is 0.255 e. The number of β-amino-alcohol motifs (C(OH)–C–C–N with tert-alkyl or cyclic N) is 1. The Hall–Kier alpha value is -1.70. The molecule has 7 heteroatoms. The van der Waals surface area contributed by atoms with E-state index in [1.165, 1.54) is 12.3 Å². The molecule has 7 nitrogen and oxygen atoms in total. The third-order valence-corrected chi connectivity index (χ3v) is 5.35. The minimum Gasteiger partial charge on any atom is -0.388 e. The van der Waals surface area contributed by atoms with Crippen LogP contribution in [0, 0.1) is 0 Å². The fourth-order valence-corrected chi connectivity index (χ4v) is 3.69. The number of likely N-dealkylation sites (tertiary alicyclic amines) is 1. The van der Waals surface area contributed by atoms with E-state index in [1.807, 2.05) is 0 Å². The zero-order valence-corrected chi connectivity index (χ0v) is 14.9. The highest BCUT2D eigenvalue weighted by Crippen LogP contribution is 2.25. The number of pyridine rings is 1. The van der Waals surface area contributed by atoms with Crippen molar-refractivity contribution in [3.05, 3.63) is 34.2 Å². The summed E-state index contributed by atoms with van der Waals surface area (Å²) in [5, 5.41) is 11.0. The predicted molar refractivity (Wildman–Crippen MR) is 95.7 cm³/mol. The first kappa shape index (κ1) is 18.1. The Morgan fingerprint density at radius 1 is 1.16 bits per heavy atom. The fourth-order valence-electron chi connectivity index (χ4n) is 3.69. The standard InChI is InChI=1S/C18H28N4O3/c1-20-9-11-21(12-10-20)14-18(25)5-2-7-22(8-6-18)17(24)15-3-4-16(23)19-13-15/h3-4,13,25H,2,5-12,14H2,1H3,(H,19,23)/t18-/m0/s1. The number of aromatic nitrogens is 1. The van der Waals surface area contributed by atoms with E-state index in [0.717, 1.165) is 39.0 Å². The predicted octanol–water partition coefficient (Wildman–Crippen LogP) is -0.0205. The summed E-state index contributed by atoms with van der Waals surface area (Å²) in [6, 6.07) is 2.93. The van der Waals surface area contributed by atoms with Crippen molar-refractivity contribution < 1.29 is 9.90 Å². The molecular weight excluding hydrogens is 320 g/mol. The van der Waals surface area contributed by atoms with Gasteiger partial charge in [-0.1, -0.05) is 0 Å². The van der Waals surface area contributed by atoms with Gasteiger partial charge in [0.1, 0.15) is 0 Å². The highest BCUT2D eigenvalue weighted by molar-refractivity contribution is 5.93. The van der Waals surface area contributed by atoms with Gasteiger partial charge in [-0.25, -0.2) is 0 Å². The van der Waals surface area contributed by atoms with Gasteiger partial charge in [-0.15, -0.1) is 0 Å². The molecule has 3 heterocycles. The Labute approximate surface area is 148 Å². The average Bonchev–Trinajstić information content (AvgIpc) is 2.79. The molecule has 0 unspecified atom stereocenters. The highest BCUT2D eigenvalue weighted by Gasteiger charge is 2.34. The van der Waals surface area contributed by atoms with Crippen molar-refractivity contribution in [2.75, 3.05) is 52.9 Å². The number of carbonyl (C=O) groups excluding carboxylic acids is 1. The zero-order valence-electron chi connectivity index (χ0n) is 14.9. The molecule has 0 bridgehead atoms. The van der Waals surface area contributed by atoms with Gasteiger partial charge >= 0.3 is 0 Å². The lowest BCUT2D eigenvalue weighted by Crippen LogP contribution is -2.51. The van der Waals surface area contributed by atoms with Crippen LogP contribution in [0.4, 0.5) is 0 Å². The van der Waals surface area contributed by atoms with Crippen LogP contribution in [-0.4, -0.2) is 89.2 Å². The lowest BCUT2D eigenvalue weighted by Gasteiger charge is -2.38. The molecule has 2 fully saturated rings. The molecule has 0 spiro atoms. The maximum Gasteiger partial charge on any atom is 0.255 e. The molecule has 2 N–H and O–H groups in total. The molecule has 25 heavy (non-hydrogen) atoms. The summed E-state index contributed by atoms with van der Waals surface area (Å²) in [6.45, 7) is 5.91. The van der Waals surface area contributed by atoms with Gasteiger partial charge in [0.25, 0.3) is 5.91 Å². The molecule has 1 aromatic heterocycles. The number of nitrogens with zero attached hydrogens (tertiary/aromatic N) is 3. The largest absolute Gasteiger partial charge is 0.388 e. The Balaban J connectivity index is 1.58. The third kappa shape index (κ3) is 4.68. The number of carbonyl (C=O) groups is 1. The van der Waals surface area contributed by atoms with E-state index in [-0.39, 0.29) is 11.5 Å². The molecule has 1 aromatic rings. The van der Waals surface area contributed by atoms with Crippen molar-refractivity contribution in [2.24, 2.45) is 0 Å². The minimum absolute atomic E-state index is 0.0832. The maximum atomic E-state index is 12.6. The average molecular weight is 348 g/mol. The van der Waals surface area contributed by atoms with Crippen LogP contribution in [0.2, 0.25) is 0 Å². The Bertz CT molecular complexity index is 633. The SMILES string of the molecule is CN1CCN(C[C@]2(O)CCCN(C(=O)c3ccc(=O)[nH]c3)CC2)CC1. The first-order valence-corrected chi connectivity index (χ1v) is 9.06. The summed E-state index contributed by atoms with van der Waals surface area (Å²) >= 11 is 0. The van der Waals surface area contributed by atoms with Gasteiger partial charge in [-0.3, -0.25) is 14.5 Å². The van der Waals surface area contributed by atoms with Crippen molar-refractivity contribution in [1.29, 1.82) is 0 Å². The van der Waals surface area contributed by atoms with Crippen LogP contribution in [0.25, 0.3) is 0 Å². The van der Waals surface area contributed by atoms with Gasteiger partial charge in [0, 0.05) is 58.1 Å². The van der Waals surface area contributed by atoms with Crippen LogP contribution in [0.15, 0.2) is 23.1 Å². The van der Waals surface area contributed by atoms with Crippen molar-refractivity contribution in [2.45, 2.75) is 24.9 Å². The van der Waals surface area contributed by atoms with E-state index >= 15 is 0 Å². The number of hydrogen-bond donors (Lipinski definition) is 2. The lowest BCUT2D eigenvalue weighted by atomic mass is 9.94. The summed E-state index contributed by atoms with van der Waals surface area (Å²) in [5.41, 5.74) is -0.450. The van der Waals surface area contributed by atoms with Gasteiger partial charge in [-0.05, 0) is 32.4 Å². The summed E-state index contributed by atoms with van der Waals surface area (Å²) in [4.78, 5) is 32.7. The van der Waals surface area contributed by atoms with Crippen LogP contribution < -0.4 is 5.56 Å². The molecule has 3 rings (SSSR count). The molecule has 0 saturated carbocycles. The summed E-state index contributed by atoms with van der Waals surface area (Å²) in [6.07, 6.45) is 3.56. The number of H-pyrrole nitrogens is 1. The molecule has 0 radical (unpaired) electrons. The molecule has 1 atom stereocenters. The van der Waals surface area contributed by atoms with E-state index in [9.17, 15) is 14.7 Å². The molecule has 0 aliphatic carbocycles. The number of nitrogens with one attached hydrogen (secondary N) is 1. The van der Waals surface area contributed by atoms with Gasteiger partial charge in [0.15, 0.2) is 0 Å². The topological polar surface area (TPSA) is 79.9 Å². The molecule has 2 saturated heterocycles. The Morgan fingerprint density at radius 3 is 2.60 bits per heavy atom. The van der Waals surface area contributed by atoms with Crippen LogP contribution in [0.5, 0.6) is 0 Å². The molecule has 0 aromatic carbocycles. The quantitative estimate of drug-likeness (QED) is 0.803. The molecule has 138 valence electrons. The number of aliphatic hydroxyl groups is 1. The summed E-state index contributed by atoms with van der Waals surface area (Å²) in [7, 11) is 2.12. The third-order valence-electron chi connectivity index (χ3n) is 5.35. The van der Waals surface area contributed by atoms with Gasteiger partial charge < -0.3 is 19.9 Å². The van der Waals surface area contributed by atoms with Gasteiger partial charge in [0.2, 0.25) is 5.56 Å². The Kier molecular flexibility index (Phi) is 5.56. The maximum absolute atomic E-state index is 12.6. The molecule has 2 aliphatic rings. The van der Waals surface area contributed by atoms with E-state index in [2.05, 4.69) is 21.8 Å². The number of piperazine rings is 1. The van der Waals surface area contributed by atoms with E-state index < -0.39 is 5.60 Å².